The Hall–Kier alpha value is -1.97. The summed E-state index contributed by atoms with van der Waals surface area (Å²) in [7, 11) is 0. The quantitative estimate of drug-likeness (QED) is 0.884. The number of hydrogen-bond donors (Lipinski definition) is 1. The molecule has 0 atom stereocenters. The van der Waals surface area contributed by atoms with Crippen molar-refractivity contribution < 1.29 is 4.79 Å². The first kappa shape index (κ1) is 12.1. The lowest BCUT2D eigenvalue weighted by Crippen LogP contribution is -2.49. The Bertz CT molecular complexity index is 492. The summed E-state index contributed by atoms with van der Waals surface area (Å²) in [6.45, 7) is 6.49. The third kappa shape index (κ3) is 2.30. The van der Waals surface area contributed by atoms with Crippen molar-refractivity contribution in [1.29, 1.82) is 0 Å². The highest BCUT2D eigenvalue weighted by Crippen LogP contribution is 2.27. The summed E-state index contributed by atoms with van der Waals surface area (Å²) in [6.07, 6.45) is 3.92. The number of piperidine rings is 1. The lowest BCUT2D eigenvalue weighted by atomic mass is 10.0. The zero-order valence-electron chi connectivity index (χ0n) is 11.0. The van der Waals surface area contributed by atoms with E-state index in [2.05, 4.69) is 22.9 Å². The molecule has 2 amide bonds. The van der Waals surface area contributed by atoms with Crippen molar-refractivity contribution in [3.8, 4) is 0 Å². The monoisotopic (exact) mass is 257 g/mol. The molecule has 0 aliphatic carbocycles. The molecule has 1 saturated heterocycles. The molecule has 2 aliphatic rings. The zero-order chi connectivity index (χ0) is 13.2. The van der Waals surface area contributed by atoms with Crippen molar-refractivity contribution in [3.63, 3.8) is 0 Å². The first-order valence-electron chi connectivity index (χ1n) is 6.80. The normalized spacial score (nSPS) is 19.9. The van der Waals surface area contributed by atoms with E-state index in [1.165, 1.54) is 5.56 Å². The van der Waals surface area contributed by atoms with Crippen molar-refractivity contribution in [2.75, 3.05) is 18.4 Å². The number of fused-ring (bicyclic) bond motifs is 1. The van der Waals surface area contributed by atoms with E-state index in [1.807, 2.05) is 29.3 Å². The van der Waals surface area contributed by atoms with Crippen LogP contribution in [0, 0.1) is 0 Å². The number of amides is 2. The van der Waals surface area contributed by atoms with Gasteiger partial charge in [0.1, 0.15) is 0 Å². The van der Waals surface area contributed by atoms with Crippen LogP contribution in [0.5, 0.6) is 0 Å². The topological polar surface area (TPSA) is 35.6 Å². The van der Waals surface area contributed by atoms with E-state index in [9.17, 15) is 4.79 Å². The maximum Gasteiger partial charge on any atom is 0.322 e. The van der Waals surface area contributed by atoms with Gasteiger partial charge in [-0.3, -0.25) is 0 Å². The Morgan fingerprint density at radius 1 is 1.26 bits per heavy atom. The molecule has 0 bridgehead atoms. The number of benzene rings is 1. The first-order chi connectivity index (χ1) is 9.28. The Morgan fingerprint density at radius 2 is 2.00 bits per heavy atom. The highest BCUT2D eigenvalue weighted by atomic mass is 16.2. The smallest absolute Gasteiger partial charge is 0.322 e. The lowest BCUT2D eigenvalue weighted by Gasteiger charge is -2.40. The van der Waals surface area contributed by atoms with Gasteiger partial charge in [0.2, 0.25) is 0 Å². The van der Waals surface area contributed by atoms with Gasteiger partial charge in [0.25, 0.3) is 0 Å². The van der Waals surface area contributed by atoms with Gasteiger partial charge in [-0.1, -0.05) is 24.8 Å². The largest absolute Gasteiger partial charge is 0.378 e. The number of para-hydroxylation sites is 1. The van der Waals surface area contributed by atoms with Crippen molar-refractivity contribution in [2.24, 2.45) is 0 Å². The average Bonchev–Trinajstić information content (AvgIpc) is 2.47. The number of urea groups is 1. The highest BCUT2D eigenvalue weighted by Gasteiger charge is 2.30. The molecule has 100 valence electrons. The summed E-state index contributed by atoms with van der Waals surface area (Å²) in [4.78, 5) is 16.4. The van der Waals surface area contributed by atoms with Gasteiger partial charge in [-0.15, -0.1) is 0 Å². The molecule has 0 spiro atoms. The second-order valence-electron chi connectivity index (χ2n) is 5.16. The molecule has 4 heteroatoms. The van der Waals surface area contributed by atoms with Crippen LogP contribution < -0.4 is 5.32 Å². The standard InChI is InChI=1S/C15H19N3O/c1-2-17-9-7-13(8-10-17)18-11-12-5-3-4-6-14(12)16-15(18)19/h2-6,13H,1,7-11H2,(H,16,19). The predicted molar refractivity (Wildman–Crippen MR) is 75.8 cm³/mol. The molecule has 2 aliphatic heterocycles. The van der Waals surface area contributed by atoms with Gasteiger partial charge < -0.3 is 15.1 Å². The van der Waals surface area contributed by atoms with Crippen LogP contribution in [0.2, 0.25) is 0 Å². The molecule has 3 rings (SSSR count). The molecule has 0 radical (unpaired) electrons. The molecular formula is C15H19N3O. The number of nitrogens with one attached hydrogen (secondary N) is 1. The van der Waals surface area contributed by atoms with Crippen LogP contribution in [0.3, 0.4) is 0 Å². The fraction of sp³-hybridized carbons (Fsp3) is 0.400. The van der Waals surface area contributed by atoms with Gasteiger partial charge in [-0.2, -0.15) is 0 Å². The van der Waals surface area contributed by atoms with Gasteiger partial charge >= 0.3 is 6.03 Å². The maximum absolute atomic E-state index is 12.2. The summed E-state index contributed by atoms with van der Waals surface area (Å²) in [5.74, 6) is 0. The minimum atomic E-state index is 0.0377. The number of carbonyl (C=O) groups is 1. The van der Waals surface area contributed by atoms with Crippen LogP contribution in [0.25, 0.3) is 0 Å². The molecule has 0 unspecified atom stereocenters. The predicted octanol–water partition coefficient (Wildman–Crippen LogP) is 2.64. The fourth-order valence-electron chi connectivity index (χ4n) is 2.90. The number of rotatable bonds is 2. The minimum absolute atomic E-state index is 0.0377. The van der Waals surface area contributed by atoms with E-state index >= 15 is 0 Å². The Balaban J connectivity index is 1.73. The average molecular weight is 257 g/mol. The molecule has 0 aromatic heterocycles. The Kier molecular flexibility index (Phi) is 3.15. The van der Waals surface area contributed by atoms with Crippen LogP contribution in [-0.2, 0) is 6.54 Å². The van der Waals surface area contributed by atoms with Crippen molar-refractivity contribution in [1.82, 2.24) is 9.80 Å². The fourth-order valence-corrected chi connectivity index (χ4v) is 2.90. The van der Waals surface area contributed by atoms with Crippen LogP contribution in [0.1, 0.15) is 18.4 Å². The van der Waals surface area contributed by atoms with Gasteiger partial charge in [-0.05, 0) is 30.7 Å². The molecule has 2 heterocycles. The SMILES string of the molecule is C=CN1CCC(N2Cc3ccccc3NC2=O)CC1. The van der Waals surface area contributed by atoms with E-state index < -0.39 is 0 Å². The maximum atomic E-state index is 12.2. The summed E-state index contributed by atoms with van der Waals surface area (Å²) in [5, 5.41) is 2.99. The molecular weight excluding hydrogens is 238 g/mol. The third-order valence-electron chi connectivity index (χ3n) is 4.06. The van der Waals surface area contributed by atoms with E-state index in [0.717, 1.165) is 38.2 Å². The van der Waals surface area contributed by atoms with Gasteiger partial charge in [-0.25, -0.2) is 4.79 Å². The molecule has 19 heavy (non-hydrogen) atoms. The number of anilines is 1. The van der Waals surface area contributed by atoms with Crippen LogP contribution >= 0.6 is 0 Å². The van der Waals surface area contributed by atoms with E-state index in [0.29, 0.717) is 6.04 Å². The summed E-state index contributed by atoms with van der Waals surface area (Å²) in [6, 6.07) is 8.40. The Labute approximate surface area is 113 Å². The minimum Gasteiger partial charge on any atom is -0.378 e. The molecule has 1 aromatic carbocycles. The van der Waals surface area contributed by atoms with Gasteiger partial charge in [0, 0.05) is 31.4 Å². The third-order valence-corrected chi connectivity index (χ3v) is 4.06. The molecule has 1 N–H and O–H groups in total. The Morgan fingerprint density at radius 3 is 2.74 bits per heavy atom. The summed E-state index contributed by atoms with van der Waals surface area (Å²) >= 11 is 0. The first-order valence-corrected chi connectivity index (χ1v) is 6.80. The van der Waals surface area contributed by atoms with E-state index in [4.69, 9.17) is 0 Å². The lowest BCUT2D eigenvalue weighted by molar-refractivity contribution is 0.140. The van der Waals surface area contributed by atoms with Gasteiger partial charge in [0.05, 0.1) is 0 Å². The van der Waals surface area contributed by atoms with Crippen LogP contribution in [0.4, 0.5) is 10.5 Å². The van der Waals surface area contributed by atoms with E-state index in [1.54, 1.807) is 0 Å². The summed E-state index contributed by atoms with van der Waals surface area (Å²) in [5.41, 5.74) is 2.15. The molecule has 1 fully saturated rings. The summed E-state index contributed by atoms with van der Waals surface area (Å²) < 4.78 is 0. The second kappa shape index (κ2) is 4.96. The number of likely N-dealkylation sites (tertiary alicyclic amines) is 1. The number of nitrogens with zero attached hydrogens (tertiary/aromatic N) is 2. The van der Waals surface area contributed by atoms with Crippen LogP contribution in [0.15, 0.2) is 37.0 Å². The van der Waals surface area contributed by atoms with Crippen LogP contribution in [-0.4, -0.2) is 35.0 Å². The second-order valence-corrected chi connectivity index (χ2v) is 5.16. The highest BCUT2D eigenvalue weighted by molar-refractivity contribution is 5.92. The molecule has 0 saturated carbocycles. The zero-order valence-corrected chi connectivity index (χ0v) is 11.0. The van der Waals surface area contributed by atoms with Gasteiger partial charge in [0.15, 0.2) is 0 Å². The molecule has 1 aromatic rings. The van der Waals surface area contributed by atoms with E-state index in [-0.39, 0.29) is 6.03 Å². The molecule has 4 nitrogen and oxygen atoms in total. The number of hydrogen-bond acceptors (Lipinski definition) is 2. The van der Waals surface area contributed by atoms with Crippen molar-refractivity contribution in [2.45, 2.75) is 25.4 Å². The van der Waals surface area contributed by atoms with Crippen molar-refractivity contribution >= 4 is 11.7 Å². The van der Waals surface area contributed by atoms with Crippen molar-refractivity contribution in [3.05, 3.63) is 42.6 Å². The number of carbonyl (C=O) groups excluding carboxylic acids is 1.